The number of nitrogens with zero attached hydrogens (tertiary/aromatic N) is 2. The number of nitro benzene ring substituents is 1. The van der Waals surface area contributed by atoms with E-state index in [-0.39, 0.29) is 39.1 Å². The van der Waals surface area contributed by atoms with E-state index in [1.165, 1.54) is 36.0 Å². The van der Waals surface area contributed by atoms with Crippen molar-refractivity contribution >= 4 is 52.2 Å². The van der Waals surface area contributed by atoms with Crippen LogP contribution in [0.5, 0.6) is 0 Å². The Morgan fingerprint density at radius 2 is 1.91 bits per heavy atom. The van der Waals surface area contributed by atoms with Crippen molar-refractivity contribution in [1.29, 1.82) is 0 Å². The van der Waals surface area contributed by atoms with Gasteiger partial charge in [0.05, 0.1) is 21.3 Å². The molecule has 32 heavy (non-hydrogen) atoms. The van der Waals surface area contributed by atoms with Gasteiger partial charge in [-0.3, -0.25) is 24.6 Å². The summed E-state index contributed by atoms with van der Waals surface area (Å²) in [7, 11) is 0. The number of benzene rings is 3. The Hall–Kier alpha value is -3.43. The fraction of sp³-hybridized carbons (Fsp3) is 0.0909. The van der Waals surface area contributed by atoms with Gasteiger partial charge in [-0.2, -0.15) is 0 Å². The highest BCUT2D eigenvalue weighted by Gasteiger charge is 2.34. The number of hydrogen-bond donors (Lipinski definition) is 1. The second kappa shape index (κ2) is 8.97. The first-order chi connectivity index (χ1) is 15.3. The molecule has 1 aliphatic heterocycles. The summed E-state index contributed by atoms with van der Waals surface area (Å²) in [5.74, 6) is -0.734. The van der Waals surface area contributed by atoms with Gasteiger partial charge in [0.15, 0.2) is 0 Å². The molecule has 1 unspecified atom stereocenters. The fourth-order valence-corrected chi connectivity index (χ4v) is 4.75. The Morgan fingerprint density at radius 1 is 1.16 bits per heavy atom. The zero-order valence-electron chi connectivity index (χ0n) is 16.3. The van der Waals surface area contributed by atoms with Gasteiger partial charge in [0.25, 0.3) is 11.6 Å². The first-order valence-corrected chi connectivity index (χ1v) is 10.8. The highest BCUT2D eigenvalue weighted by Crippen LogP contribution is 2.42. The molecule has 162 valence electrons. The van der Waals surface area contributed by atoms with Crippen LogP contribution in [0, 0.1) is 15.9 Å². The quantitative estimate of drug-likeness (QED) is 0.396. The molecular weight excluding hydrogens is 457 g/mol. The molecule has 1 saturated heterocycles. The molecule has 0 bridgehead atoms. The van der Waals surface area contributed by atoms with Crippen molar-refractivity contribution in [2.75, 3.05) is 16.0 Å². The third kappa shape index (κ3) is 4.44. The average molecular weight is 472 g/mol. The van der Waals surface area contributed by atoms with Crippen molar-refractivity contribution in [3.63, 3.8) is 0 Å². The summed E-state index contributed by atoms with van der Waals surface area (Å²) >= 11 is 7.47. The SMILES string of the molecule is O=C(Nc1cccc(C2SCC(=O)N2c2ccc(F)cc2)c1)c1ccc([N+](=O)[O-])cc1Cl. The number of anilines is 2. The van der Waals surface area contributed by atoms with Gasteiger partial charge in [-0.25, -0.2) is 4.39 Å². The van der Waals surface area contributed by atoms with E-state index in [1.807, 2.05) is 6.07 Å². The third-order valence-electron chi connectivity index (χ3n) is 4.81. The van der Waals surface area contributed by atoms with Crippen LogP contribution in [0.3, 0.4) is 0 Å². The Kier molecular flexibility index (Phi) is 6.11. The van der Waals surface area contributed by atoms with Crippen LogP contribution in [0.4, 0.5) is 21.5 Å². The predicted octanol–water partition coefficient (Wildman–Crippen LogP) is 5.42. The van der Waals surface area contributed by atoms with Crippen LogP contribution in [0.15, 0.2) is 66.7 Å². The number of rotatable bonds is 5. The highest BCUT2D eigenvalue weighted by molar-refractivity contribution is 8.00. The van der Waals surface area contributed by atoms with E-state index >= 15 is 0 Å². The van der Waals surface area contributed by atoms with Gasteiger partial charge in [-0.05, 0) is 48.0 Å². The minimum atomic E-state index is -0.593. The Balaban J connectivity index is 1.57. The molecular formula is C22H15ClFN3O4S. The minimum absolute atomic E-state index is 0.0349. The number of carbonyl (C=O) groups excluding carboxylic acids is 2. The second-order valence-corrected chi connectivity index (χ2v) is 8.38. The molecule has 2 amide bonds. The molecule has 0 spiro atoms. The zero-order chi connectivity index (χ0) is 22.8. The van der Waals surface area contributed by atoms with Gasteiger partial charge >= 0.3 is 0 Å². The van der Waals surface area contributed by atoms with Gasteiger partial charge in [-0.15, -0.1) is 11.8 Å². The van der Waals surface area contributed by atoms with Crippen molar-refractivity contribution in [2.24, 2.45) is 0 Å². The number of thioether (sulfide) groups is 1. The second-order valence-electron chi connectivity index (χ2n) is 6.90. The van der Waals surface area contributed by atoms with Crippen LogP contribution < -0.4 is 10.2 Å². The molecule has 3 aromatic rings. The molecule has 10 heteroatoms. The maximum absolute atomic E-state index is 13.3. The summed E-state index contributed by atoms with van der Waals surface area (Å²) in [6.07, 6.45) is 0. The molecule has 0 aliphatic carbocycles. The monoisotopic (exact) mass is 471 g/mol. The van der Waals surface area contributed by atoms with Crippen molar-refractivity contribution in [1.82, 2.24) is 0 Å². The summed E-state index contributed by atoms with van der Waals surface area (Å²) < 4.78 is 13.3. The van der Waals surface area contributed by atoms with Crippen molar-refractivity contribution < 1.29 is 18.9 Å². The number of halogens is 2. The van der Waals surface area contributed by atoms with E-state index in [9.17, 15) is 24.1 Å². The number of non-ortho nitro benzene ring substituents is 1. The number of nitro groups is 1. The standard InChI is InChI=1S/C22H15ClFN3O4S/c23-19-11-17(27(30)31)8-9-18(19)21(29)25-15-3-1-2-13(10-15)22-26(20(28)12-32-22)16-6-4-14(24)5-7-16/h1-11,22H,12H2,(H,25,29). The van der Waals surface area contributed by atoms with Gasteiger partial charge in [0, 0.05) is 23.5 Å². The number of amides is 2. The largest absolute Gasteiger partial charge is 0.322 e. The molecule has 4 rings (SSSR count). The van der Waals surface area contributed by atoms with E-state index in [2.05, 4.69) is 5.32 Å². The lowest BCUT2D eigenvalue weighted by Gasteiger charge is -2.24. The fourth-order valence-electron chi connectivity index (χ4n) is 3.32. The van der Waals surface area contributed by atoms with Crippen LogP contribution in [-0.4, -0.2) is 22.5 Å². The van der Waals surface area contributed by atoms with Gasteiger partial charge in [0.2, 0.25) is 5.91 Å². The van der Waals surface area contributed by atoms with Crippen molar-refractivity contribution in [3.05, 3.63) is 98.8 Å². The average Bonchev–Trinajstić information content (AvgIpc) is 3.15. The van der Waals surface area contributed by atoms with Crippen LogP contribution in [0.1, 0.15) is 21.3 Å². The molecule has 0 radical (unpaired) electrons. The predicted molar refractivity (Wildman–Crippen MR) is 122 cm³/mol. The summed E-state index contributed by atoms with van der Waals surface area (Å²) in [5.41, 5.74) is 1.72. The topological polar surface area (TPSA) is 92.6 Å². The number of hydrogen-bond acceptors (Lipinski definition) is 5. The molecule has 7 nitrogen and oxygen atoms in total. The summed E-state index contributed by atoms with van der Waals surface area (Å²) in [5, 5.41) is 13.2. The molecule has 1 atom stereocenters. The van der Waals surface area contributed by atoms with Crippen LogP contribution >= 0.6 is 23.4 Å². The summed E-state index contributed by atoms with van der Waals surface area (Å²) in [4.78, 5) is 37.0. The van der Waals surface area contributed by atoms with Gasteiger partial charge < -0.3 is 5.32 Å². The first-order valence-electron chi connectivity index (χ1n) is 9.38. The Morgan fingerprint density at radius 3 is 2.59 bits per heavy atom. The molecule has 0 saturated carbocycles. The van der Waals surface area contributed by atoms with E-state index in [0.29, 0.717) is 11.4 Å². The Bertz CT molecular complexity index is 1220. The smallest absolute Gasteiger partial charge is 0.270 e. The van der Waals surface area contributed by atoms with E-state index in [0.717, 1.165) is 11.6 Å². The normalized spacial score (nSPS) is 15.6. The number of carbonyl (C=O) groups is 2. The van der Waals surface area contributed by atoms with Crippen LogP contribution in [0.2, 0.25) is 5.02 Å². The van der Waals surface area contributed by atoms with E-state index in [1.54, 1.807) is 35.2 Å². The molecule has 1 aliphatic rings. The van der Waals surface area contributed by atoms with Crippen molar-refractivity contribution in [2.45, 2.75) is 5.37 Å². The molecule has 1 heterocycles. The molecule has 1 N–H and O–H groups in total. The summed E-state index contributed by atoms with van der Waals surface area (Å²) in [6, 6.07) is 16.3. The lowest BCUT2D eigenvalue weighted by atomic mass is 10.1. The van der Waals surface area contributed by atoms with Gasteiger partial charge in [-0.1, -0.05) is 23.7 Å². The van der Waals surface area contributed by atoms with Crippen LogP contribution in [0.25, 0.3) is 0 Å². The highest BCUT2D eigenvalue weighted by atomic mass is 35.5. The third-order valence-corrected chi connectivity index (χ3v) is 6.34. The van der Waals surface area contributed by atoms with Crippen molar-refractivity contribution in [3.8, 4) is 0 Å². The maximum Gasteiger partial charge on any atom is 0.270 e. The van der Waals surface area contributed by atoms with E-state index in [4.69, 9.17) is 11.6 Å². The zero-order valence-corrected chi connectivity index (χ0v) is 17.9. The molecule has 3 aromatic carbocycles. The number of nitrogens with one attached hydrogen (secondary N) is 1. The first kappa shape index (κ1) is 21.8. The van der Waals surface area contributed by atoms with Crippen LogP contribution in [-0.2, 0) is 4.79 Å². The molecule has 0 aromatic heterocycles. The molecule has 1 fully saturated rings. The maximum atomic E-state index is 13.3. The lowest BCUT2D eigenvalue weighted by molar-refractivity contribution is -0.384. The Labute approximate surface area is 191 Å². The van der Waals surface area contributed by atoms with E-state index < -0.39 is 10.8 Å². The minimum Gasteiger partial charge on any atom is -0.322 e. The summed E-state index contributed by atoms with van der Waals surface area (Å²) in [6.45, 7) is 0. The van der Waals surface area contributed by atoms with Gasteiger partial charge in [0.1, 0.15) is 11.2 Å². The lowest BCUT2D eigenvalue weighted by Crippen LogP contribution is -2.27.